The van der Waals surface area contributed by atoms with E-state index in [1.54, 1.807) is 0 Å². The molecule has 0 aliphatic rings. The largest absolute Gasteiger partial charge is 0.306 e. The first kappa shape index (κ1) is 14.3. The molecule has 0 bridgehead atoms. The summed E-state index contributed by atoms with van der Waals surface area (Å²) in [6.07, 6.45) is 0. The third-order valence-corrected chi connectivity index (χ3v) is 4.16. The average molecular weight is 318 g/mol. The molecule has 0 spiro atoms. The van der Waals surface area contributed by atoms with Crippen LogP contribution in [0.2, 0.25) is 0 Å². The van der Waals surface area contributed by atoms with Crippen LogP contribution in [-0.4, -0.2) is 0 Å². The van der Waals surface area contributed by atoms with E-state index in [-0.39, 0.29) is 0 Å². The molecular weight excluding hydrogens is 298 g/mol. The SMILES string of the molecule is Cc1cccc(CN[C@H](C)c2cccc(Br)c2)c1C. The van der Waals surface area contributed by atoms with Crippen LogP contribution < -0.4 is 5.32 Å². The van der Waals surface area contributed by atoms with E-state index in [9.17, 15) is 0 Å². The molecule has 0 aliphatic carbocycles. The molecule has 2 rings (SSSR count). The van der Waals surface area contributed by atoms with Crippen molar-refractivity contribution in [1.82, 2.24) is 5.32 Å². The Bertz CT molecular complexity index is 563. The van der Waals surface area contributed by atoms with Crippen LogP contribution in [0.5, 0.6) is 0 Å². The van der Waals surface area contributed by atoms with Gasteiger partial charge < -0.3 is 5.32 Å². The maximum atomic E-state index is 3.59. The Morgan fingerprint density at radius 3 is 2.58 bits per heavy atom. The number of nitrogens with one attached hydrogen (secondary N) is 1. The zero-order valence-electron chi connectivity index (χ0n) is 11.7. The van der Waals surface area contributed by atoms with Crippen LogP contribution in [-0.2, 0) is 6.54 Å². The summed E-state index contributed by atoms with van der Waals surface area (Å²) in [5.41, 5.74) is 5.42. The summed E-state index contributed by atoms with van der Waals surface area (Å²) in [6.45, 7) is 7.46. The van der Waals surface area contributed by atoms with Crippen LogP contribution in [0.4, 0.5) is 0 Å². The molecule has 100 valence electrons. The first-order valence-electron chi connectivity index (χ1n) is 6.62. The quantitative estimate of drug-likeness (QED) is 0.844. The number of rotatable bonds is 4. The molecule has 0 aliphatic heterocycles. The van der Waals surface area contributed by atoms with E-state index in [1.165, 1.54) is 22.3 Å². The van der Waals surface area contributed by atoms with Gasteiger partial charge in [-0.2, -0.15) is 0 Å². The van der Waals surface area contributed by atoms with Crippen LogP contribution in [0.1, 0.15) is 35.2 Å². The van der Waals surface area contributed by atoms with E-state index in [2.05, 4.69) is 84.5 Å². The van der Waals surface area contributed by atoms with Gasteiger partial charge in [0, 0.05) is 17.1 Å². The minimum Gasteiger partial charge on any atom is -0.306 e. The second-order valence-electron chi connectivity index (χ2n) is 5.02. The molecule has 0 radical (unpaired) electrons. The highest BCUT2D eigenvalue weighted by Crippen LogP contribution is 2.19. The normalized spacial score (nSPS) is 12.4. The van der Waals surface area contributed by atoms with Crippen molar-refractivity contribution in [2.75, 3.05) is 0 Å². The highest BCUT2D eigenvalue weighted by molar-refractivity contribution is 9.10. The van der Waals surface area contributed by atoms with E-state index in [4.69, 9.17) is 0 Å². The Morgan fingerprint density at radius 2 is 1.84 bits per heavy atom. The molecule has 2 aromatic carbocycles. The lowest BCUT2D eigenvalue weighted by molar-refractivity contribution is 0.573. The smallest absolute Gasteiger partial charge is 0.0295 e. The molecule has 0 saturated heterocycles. The van der Waals surface area contributed by atoms with Gasteiger partial charge >= 0.3 is 0 Å². The summed E-state index contributed by atoms with van der Waals surface area (Å²) < 4.78 is 1.13. The number of aryl methyl sites for hydroxylation is 1. The summed E-state index contributed by atoms with van der Waals surface area (Å²) in [5, 5.41) is 3.59. The van der Waals surface area contributed by atoms with Crippen molar-refractivity contribution in [3.63, 3.8) is 0 Å². The van der Waals surface area contributed by atoms with Gasteiger partial charge in [-0.1, -0.05) is 46.3 Å². The van der Waals surface area contributed by atoms with Crippen LogP contribution >= 0.6 is 15.9 Å². The van der Waals surface area contributed by atoms with Gasteiger partial charge in [-0.25, -0.2) is 0 Å². The van der Waals surface area contributed by atoms with Gasteiger partial charge in [0.05, 0.1) is 0 Å². The minimum absolute atomic E-state index is 0.345. The second-order valence-corrected chi connectivity index (χ2v) is 5.93. The van der Waals surface area contributed by atoms with E-state index in [0.29, 0.717) is 6.04 Å². The van der Waals surface area contributed by atoms with Crippen molar-refractivity contribution < 1.29 is 0 Å². The third kappa shape index (κ3) is 3.68. The lowest BCUT2D eigenvalue weighted by Gasteiger charge is -2.16. The molecule has 0 unspecified atom stereocenters. The van der Waals surface area contributed by atoms with E-state index in [0.717, 1.165) is 11.0 Å². The number of benzene rings is 2. The number of hydrogen-bond acceptors (Lipinski definition) is 1. The highest BCUT2D eigenvalue weighted by Gasteiger charge is 2.06. The summed E-state index contributed by atoms with van der Waals surface area (Å²) in [6, 6.07) is 15.3. The second kappa shape index (κ2) is 6.36. The lowest BCUT2D eigenvalue weighted by atomic mass is 10.0. The molecular formula is C17H20BrN. The molecule has 1 atom stereocenters. The Hall–Kier alpha value is -1.12. The summed E-state index contributed by atoms with van der Waals surface area (Å²) in [7, 11) is 0. The van der Waals surface area contributed by atoms with Gasteiger partial charge in [0.2, 0.25) is 0 Å². The maximum absolute atomic E-state index is 3.59. The van der Waals surface area contributed by atoms with Crippen molar-refractivity contribution in [2.24, 2.45) is 0 Å². The predicted molar refractivity (Wildman–Crippen MR) is 85.3 cm³/mol. The highest BCUT2D eigenvalue weighted by atomic mass is 79.9. The molecule has 0 aromatic heterocycles. The van der Waals surface area contributed by atoms with Crippen molar-refractivity contribution in [3.05, 3.63) is 69.2 Å². The Labute approximate surface area is 124 Å². The summed E-state index contributed by atoms with van der Waals surface area (Å²) in [5.74, 6) is 0. The Balaban J connectivity index is 2.04. The fourth-order valence-electron chi connectivity index (χ4n) is 2.16. The summed E-state index contributed by atoms with van der Waals surface area (Å²) >= 11 is 3.52. The van der Waals surface area contributed by atoms with Crippen molar-refractivity contribution >= 4 is 15.9 Å². The summed E-state index contributed by atoms with van der Waals surface area (Å²) in [4.78, 5) is 0. The van der Waals surface area contributed by atoms with Gasteiger partial charge in [-0.3, -0.25) is 0 Å². The van der Waals surface area contributed by atoms with Gasteiger partial charge in [0.15, 0.2) is 0 Å². The van der Waals surface area contributed by atoms with Gasteiger partial charge in [0.1, 0.15) is 0 Å². The number of halogens is 1. The third-order valence-electron chi connectivity index (χ3n) is 3.66. The first-order valence-corrected chi connectivity index (χ1v) is 7.41. The zero-order chi connectivity index (χ0) is 13.8. The van der Waals surface area contributed by atoms with E-state index < -0.39 is 0 Å². The molecule has 2 heteroatoms. The fourth-order valence-corrected chi connectivity index (χ4v) is 2.58. The molecule has 1 nitrogen and oxygen atoms in total. The van der Waals surface area contributed by atoms with Crippen molar-refractivity contribution in [2.45, 2.75) is 33.4 Å². The molecule has 2 aromatic rings. The minimum atomic E-state index is 0.345. The van der Waals surface area contributed by atoms with Crippen LogP contribution in [0.25, 0.3) is 0 Å². The van der Waals surface area contributed by atoms with E-state index in [1.807, 2.05) is 0 Å². The molecule has 1 N–H and O–H groups in total. The van der Waals surface area contributed by atoms with Gasteiger partial charge in [0.25, 0.3) is 0 Å². The van der Waals surface area contributed by atoms with Crippen LogP contribution in [0.3, 0.4) is 0 Å². The monoisotopic (exact) mass is 317 g/mol. The maximum Gasteiger partial charge on any atom is 0.0295 e. The standard InChI is InChI=1S/C17H20BrN/c1-12-6-4-8-16(13(12)2)11-19-14(3)15-7-5-9-17(18)10-15/h4-10,14,19H,11H2,1-3H3/t14-/m1/s1. The zero-order valence-corrected chi connectivity index (χ0v) is 13.3. The van der Waals surface area contributed by atoms with Crippen LogP contribution in [0.15, 0.2) is 46.9 Å². The molecule has 0 fully saturated rings. The molecule has 19 heavy (non-hydrogen) atoms. The first-order chi connectivity index (χ1) is 9.08. The molecule has 0 heterocycles. The van der Waals surface area contributed by atoms with Crippen LogP contribution in [0, 0.1) is 13.8 Å². The average Bonchev–Trinajstić information content (AvgIpc) is 2.40. The molecule has 0 amide bonds. The van der Waals surface area contributed by atoms with E-state index >= 15 is 0 Å². The van der Waals surface area contributed by atoms with Gasteiger partial charge in [-0.15, -0.1) is 0 Å². The Kier molecular flexibility index (Phi) is 4.78. The number of hydrogen-bond donors (Lipinski definition) is 1. The predicted octanol–water partition coefficient (Wildman–Crippen LogP) is 4.92. The Morgan fingerprint density at radius 1 is 1.11 bits per heavy atom. The van der Waals surface area contributed by atoms with Crippen molar-refractivity contribution in [1.29, 1.82) is 0 Å². The fraction of sp³-hybridized carbons (Fsp3) is 0.294. The topological polar surface area (TPSA) is 12.0 Å². The van der Waals surface area contributed by atoms with Gasteiger partial charge in [-0.05, 0) is 55.2 Å². The lowest BCUT2D eigenvalue weighted by Crippen LogP contribution is -2.18. The molecule has 0 saturated carbocycles. The van der Waals surface area contributed by atoms with Crippen molar-refractivity contribution in [3.8, 4) is 0 Å².